The van der Waals surface area contributed by atoms with Crippen molar-refractivity contribution in [3.8, 4) is 0 Å². The van der Waals surface area contributed by atoms with Crippen molar-refractivity contribution < 1.29 is 8.78 Å². The molecule has 0 spiro atoms. The van der Waals surface area contributed by atoms with E-state index < -0.39 is 6.43 Å². The zero-order valence-electron chi connectivity index (χ0n) is 9.64. The van der Waals surface area contributed by atoms with E-state index in [2.05, 4.69) is 0 Å². The minimum absolute atomic E-state index is 0.185. The predicted molar refractivity (Wildman–Crippen MR) is 69.5 cm³/mol. The van der Waals surface area contributed by atoms with Gasteiger partial charge in [0.05, 0.1) is 11.5 Å². The van der Waals surface area contributed by atoms with Crippen molar-refractivity contribution in [1.82, 2.24) is 4.90 Å². The molecule has 0 aliphatic rings. The number of nitrogens with zero attached hydrogens (tertiary/aromatic N) is 1. The number of halogens is 2. The molecule has 94 valence electrons. The highest BCUT2D eigenvalue weighted by atomic mass is 32.1. The van der Waals surface area contributed by atoms with E-state index in [1.165, 1.54) is 0 Å². The van der Waals surface area contributed by atoms with E-state index in [-0.39, 0.29) is 12.5 Å². The Bertz CT molecular complexity index is 357. The maximum Gasteiger partial charge on any atom is 0.251 e. The van der Waals surface area contributed by atoms with Crippen LogP contribution in [0.3, 0.4) is 0 Å². The Morgan fingerprint density at radius 2 is 1.88 bits per heavy atom. The average Bonchev–Trinajstić information content (AvgIpc) is 2.25. The Morgan fingerprint density at radius 1 is 1.29 bits per heavy atom. The second-order valence-corrected chi connectivity index (χ2v) is 4.45. The van der Waals surface area contributed by atoms with Crippen LogP contribution < -0.4 is 5.73 Å². The summed E-state index contributed by atoms with van der Waals surface area (Å²) in [5.41, 5.74) is 6.62. The standard InChI is InChI=1S/C12H16F2N2S/c1-16(8-11(13)14)7-10(12(15)17)9-5-3-2-4-6-9/h2-6,10-11H,7-8H2,1H3,(H2,15,17). The molecule has 0 amide bonds. The molecule has 1 atom stereocenters. The lowest BCUT2D eigenvalue weighted by Gasteiger charge is -2.23. The fourth-order valence-corrected chi connectivity index (χ4v) is 1.88. The van der Waals surface area contributed by atoms with Crippen molar-refractivity contribution in [1.29, 1.82) is 0 Å². The van der Waals surface area contributed by atoms with E-state index in [0.717, 1.165) is 5.56 Å². The Balaban J connectivity index is 2.71. The fourth-order valence-electron chi connectivity index (χ4n) is 1.67. The molecule has 1 rings (SSSR count). The Labute approximate surface area is 105 Å². The molecular weight excluding hydrogens is 242 g/mol. The number of alkyl halides is 2. The summed E-state index contributed by atoms with van der Waals surface area (Å²) >= 11 is 4.99. The maximum atomic E-state index is 12.2. The third kappa shape index (κ3) is 4.75. The Hall–Kier alpha value is -1.07. The van der Waals surface area contributed by atoms with Crippen LogP contribution in [0.15, 0.2) is 30.3 Å². The molecule has 0 aromatic heterocycles. The van der Waals surface area contributed by atoms with E-state index in [1.807, 2.05) is 30.3 Å². The summed E-state index contributed by atoms with van der Waals surface area (Å²) in [6.45, 7) is 0.135. The number of nitrogens with two attached hydrogens (primary N) is 1. The SMILES string of the molecule is CN(CC(F)F)CC(C(N)=S)c1ccccc1. The van der Waals surface area contributed by atoms with Crippen LogP contribution in [-0.2, 0) is 0 Å². The molecule has 0 bridgehead atoms. The maximum absolute atomic E-state index is 12.2. The van der Waals surface area contributed by atoms with Crippen LogP contribution in [0, 0.1) is 0 Å². The first-order valence-corrected chi connectivity index (χ1v) is 5.72. The number of hydrogen-bond acceptors (Lipinski definition) is 2. The first-order valence-electron chi connectivity index (χ1n) is 5.31. The van der Waals surface area contributed by atoms with Crippen LogP contribution in [0.5, 0.6) is 0 Å². The highest BCUT2D eigenvalue weighted by molar-refractivity contribution is 7.80. The Morgan fingerprint density at radius 3 is 2.35 bits per heavy atom. The number of hydrogen-bond donors (Lipinski definition) is 1. The van der Waals surface area contributed by atoms with E-state index in [4.69, 9.17) is 18.0 Å². The summed E-state index contributed by atoms with van der Waals surface area (Å²) < 4.78 is 24.5. The predicted octanol–water partition coefficient (Wildman–Crippen LogP) is 2.25. The van der Waals surface area contributed by atoms with Gasteiger partial charge in [-0.15, -0.1) is 0 Å². The molecule has 5 heteroatoms. The van der Waals surface area contributed by atoms with Gasteiger partial charge in [-0.2, -0.15) is 0 Å². The molecule has 1 unspecified atom stereocenters. The second kappa shape index (κ2) is 6.61. The topological polar surface area (TPSA) is 29.3 Å². The van der Waals surface area contributed by atoms with Crippen molar-refractivity contribution in [3.05, 3.63) is 35.9 Å². The van der Waals surface area contributed by atoms with Crippen LogP contribution in [0.2, 0.25) is 0 Å². The van der Waals surface area contributed by atoms with Gasteiger partial charge in [0, 0.05) is 12.5 Å². The molecule has 2 N–H and O–H groups in total. The van der Waals surface area contributed by atoms with Gasteiger partial charge in [0.25, 0.3) is 6.43 Å². The molecule has 0 fully saturated rings. The largest absolute Gasteiger partial charge is 0.393 e. The molecule has 0 saturated heterocycles. The van der Waals surface area contributed by atoms with Crippen molar-refractivity contribution >= 4 is 17.2 Å². The third-order valence-electron chi connectivity index (χ3n) is 2.49. The van der Waals surface area contributed by atoms with Gasteiger partial charge in [-0.1, -0.05) is 42.5 Å². The van der Waals surface area contributed by atoms with E-state index in [9.17, 15) is 8.78 Å². The van der Waals surface area contributed by atoms with Gasteiger partial charge in [0.1, 0.15) is 0 Å². The van der Waals surface area contributed by atoms with Crippen LogP contribution in [0.1, 0.15) is 11.5 Å². The van der Waals surface area contributed by atoms with Crippen LogP contribution in [0.4, 0.5) is 8.78 Å². The van der Waals surface area contributed by atoms with Crippen LogP contribution >= 0.6 is 12.2 Å². The van der Waals surface area contributed by atoms with Crippen LogP contribution in [-0.4, -0.2) is 36.5 Å². The summed E-state index contributed by atoms with van der Waals surface area (Å²) in [5.74, 6) is -0.185. The minimum Gasteiger partial charge on any atom is -0.393 e. The van der Waals surface area contributed by atoms with Crippen molar-refractivity contribution in [3.63, 3.8) is 0 Å². The lowest BCUT2D eigenvalue weighted by Crippen LogP contribution is -2.34. The molecule has 2 nitrogen and oxygen atoms in total. The van der Waals surface area contributed by atoms with Gasteiger partial charge in [-0.3, -0.25) is 4.90 Å². The lowest BCUT2D eigenvalue weighted by molar-refractivity contribution is 0.0999. The zero-order chi connectivity index (χ0) is 12.8. The average molecular weight is 258 g/mol. The molecule has 1 aromatic carbocycles. The molecular formula is C12H16F2N2S. The number of rotatable bonds is 6. The van der Waals surface area contributed by atoms with E-state index in [1.54, 1.807) is 11.9 Å². The van der Waals surface area contributed by atoms with Crippen molar-refractivity contribution in [2.75, 3.05) is 20.1 Å². The van der Waals surface area contributed by atoms with Gasteiger partial charge in [0.2, 0.25) is 0 Å². The van der Waals surface area contributed by atoms with E-state index >= 15 is 0 Å². The third-order valence-corrected chi connectivity index (χ3v) is 2.77. The quantitative estimate of drug-likeness (QED) is 0.794. The van der Waals surface area contributed by atoms with Crippen molar-refractivity contribution in [2.24, 2.45) is 5.73 Å². The molecule has 1 aromatic rings. The first kappa shape index (κ1) is 14.0. The monoisotopic (exact) mass is 258 g/mol. The molecule has 0 aliphatic carbocycles. The smallest absolute Gasteiger partial charge is 0.251 e. The number of thiocarbonyl (C=S) groups is 1. The van der Waals surface area contributed by atoms with Gasteiger partial charge in [0.15, 0.2) is 0 Å². The molecule has 17 heavy (non-hydrogen) atoms. The zero-order valence-corrected chi connectivity index (χ0v) is 10.5. The molecule has 0 heterocycles. The Kier molecular flexibility index (Phi) is 5.44. The molecule has 0 saturated carbocycles. The first-order chi connectivity index (χ1) is 8.00. The summed E-state index contributed by atoms with van der Waals surface area (Å²) in [6, 6.07) is 9.46. The second-order valence-electron chi connectivity index (χ2n) is 3.98. The highest BCUT2D eigenvalue weighted by Gasteiger charge is 2.18. The fraction of sp³-hybridized carbons (Fsp3) is 0.417. The summed E-state index contributed by atoms with van der Waals surface area (Å²) in [4.78, 5) is 1.87. The van der Waals surface area contributed by atoms with Gasteiger partial charge < -0.3 is 5.73 Å². The molecule has 0 aliphatic heterocycles. The normalized spacial score (nSPS) is 13.0. The summed E-state index contributed by atoms with van der Waals surface area (Å²) in [6.07, 6.45) is -2.34. The highest BCUT2D eigenvalue weighted by Crippen LogP contribution is 2.17. The van der Waals surface area contributed by atoms with Gasteiger partial charge in [-0.05, 0) is 12.6 Å². The molecule has 0 radical (unpaired) electrons. The van der Waals surface area contributed by atoms with E-state index in [0.29, 0.717) is 11.5 Å². The summed E-state index contributed by atoms with van der Waals surface area (Å²) in [7, 11) is 1.64. The van der Waals surface area contributed by atoms with Gasteiger partial charge in [-0.25, -0.2) is 8.78 Å². The summed E-state index contributed by atoms with van der Waals surface area (Å²) in [5, 5.41) is 0. The number of benzene rings is 1. The van der Waals surface area contributed by atoms with Crippen molar-refractivity contribution in [2.45, 2.75) is 12.3 Å². The minimum atomic E-state index is -2.34. The lowest BCUT2D eigenvalue weighted by atomic mass is 9.99. The van der Waals surface area contributed by atoms with Crippen LogP contribution in [0.25, 0.3) is 0 Å². The van der Waals surface area contributed by atoms with Gasteiger partial charge >= 0.3 is 0 Å². The number of likely N-dealkylation sites (N-methyl/N-ethyl adjacent to an activating group) is 1.